The van der Waals surface area contributed by atoms with Crippen molar-refractivity contribution in [3.05, 3.63) is 34.3 Å². The molecule has 1 aromatic carbocycles. The van der Waals surface area contributed by atoms with E-state index in [0.717, 1.165) is 35.9 Å². The van der Waals surface area contributed by atoms with Gasteiger partial charge in [0.25, 0.3) is 0 Å². The van der Waals surface area contributed by atoms with Gasteiger partial charge in [-0.25, -0.2) is 0 Å². The lowest BCUT2D eigenvalue weighted by Gasteiger charge is -2.27. The number of ether oxygens (including phenoxy) is 1. The average molecular weight is 378 g/mol. The third-order valence-corrected chi connectivity index (χ3v) is 4.21. The van der Waals surface area contributed by atoms with Crippen molar-refractivity contribution in [1.82, 2.24) is 5.32 Å². The summed E-state index contributed by atoms with van der Waals surface area (Å²) in [5.74, 6) is -0.172. The van der Waals surface area contributed by atoms with E-state index >= 15 is 0 Å². The van der Waals surface area contributed by atoms with Gasteiger partial charge in [0.05, 0.1) is 6.10 Å². The van der Waals surface area contributed by atoms with Crippen molar-refractivity contribution in [2.45, 2.75) is 37.8 Å². The molecule has 0 aromatic heterocycles. The molecule has 6 heteroatoms. The number of rotatable bonds is 4. The molecular weight excluding hydrogens is 356 g/mol. The maximum Gasteiger partial charge on any atom is 0.244 e. The molecule has 2 rings (SSSR count). The Labute approximate surface area is 140 Å². The predicted octanol–water partition coefficient (Wildman–Crippen LogP) is 2.73. The van der Waals surface area contributed by atoms with Crippen LogP contribution in [-0.2, 0) is 15.1 Å². The molecular formula is C15H22BrClN2O2. The van der Waals surface area contributed by atoms with Crippen LogP contribution in [0.25, 0.3) is 0 Å². The van der Waals surface area contributed by atoms with Crippen LogP contribution in [0.3, 0.4) is 0 Å². The molecule has 118 valence electrons. The zero-order valence-electron chi connectivity index (χ0n) is 12.1. The minimum Gasteiger partial charge on any atom is -0.376 e. The molecule has 0 saturated carbocycles. The minimum atomic E-state index is -1.03. The highest BCUT2D eigenvalue weighted by atomic mass is 79.9. The average Bonchev–Trinajstić information content (AvgIpc) is 2.46. The van der Waals surface area contributed by atoms with Gasteiger partial charge in [0.15, 0.2) is 0 Å². The number of amides is 1. The van der Waals surface area contributed by atoms with E-state index in [1.54, 1.807) is 6.92 Å². The van der Waals surface area contributed by atoms with Gasteiger partial charge < -0.3 is 15.8 Å². The lowest BCUT2D eigenvalue weighted by atomic mass is 9.92. The fourth-order valence-electron chi connectivity index (χ4n) is 2.29. The molecule has 1 aromatic rings. The summed E-state index contributed by atoms with van der Waals surface area (Å²) in [6.07, 6.45) is 3.39. The number of nitrogens with two attached hydrogens (primary N) is 1. The molecule has 2 atom stereocenters. The lowest BCUT2D eigenvalue weighted by molar-refractivity contribution is -0.127. The first kappa shape index (κ1) is 18.4. The molecule has 4 nitrogen and oxygen atoms in total. The minimum absolute atomic E-state index is 0. The van der Waals surface area contributed by atoms with Crippen LogP contribution in [0.1, 0.15) is 31.7 Å². The summed E-state index contributed by atoms with van der Waals surface area (Å²) in [7, 11) is 0. The highest BCUT2D eigenvalue weighted by molar-refractivity contribution is 9.10. The van der Waals surface area contributed by atoms with Gasteiger partial charge in [0, 0.05) is 17.6 Å². The molecule has 0 radical (unpaired) electrons. The van der Waals surface area contributed by atoms with Crippen LogP contribution in [-0.4, -0.2) is 25.2 Å². The summed E-state index contributed by atoms with van der Waals surface area (Å²) in [6.45, 7) is 3.04. The first-order chi connectivity index (χ1) is 9.50. The monoisotopic (exact) mass is 376 g/mol. The second-order valence-corrected chi connectivity index (χ2v) is 6.32. The Morgan fingerprint density at radius 3 is 2.67 bits per heavy atom. The topological polar surface area (TPSA) is 64.4 Å². The standard InChI is InChI=1S/C15H21BrN2O2.ClH/c1-15(17,11-5-7-12(16)8-6-11)14(19)18-10-13-4-2-3-9-20-13;/h5-8,13H,2-4,9-10,17H2,1H3,(H,18,19);1H. The van der Waals surface area contributed by atoms with E-state index in [4.69, 9.17) is 10.5 Å². The molecule has 1 fully saturated rings. The Kier molecular flexibility index (Phi) is 7.13. The number of halogens is 2. The van der Waals surface area contributed by atoms with Crippen molar-refractivity contribution in [2.75, 3.05) is 13.2 Å². The third-order valence-electron chi connectivity index (χ3n) is 3.68. The molecule has 1 amide bonds. The van der Waals surface area contributed by atoms with E-state index in [1.165, 1.54) is 0 Å². The second-order valence-electron chi connectivity index (χ2n) is 5.41. The quantitative estimate of drug-likeness (QED) is 0.848. The SMILES string of the molecule is CC(N)(C(=O)NCC1CCCCO1)c1ccc(Br)cc1.Cl. The summed E-state index contributed by atoms with van der Waals surface area (Å²) in [4.78, 5) is 12.3. The number of carbonyl (C=O) groups is 1. The van der Waals surface area contributed by atoms with Crippen molar-refractivity contribution in [1.29, 1.82) is 0 Å². The van der Waals surface area contributed by atoms with Crippen LogP contribution in [0, 0.1) is 0 Å². The Bertz CT molecular complexity index is 459. The summed E-state index contributed by atoms with van der Waals surface area (Å²) in [5.41, 5.74) is 5.94. The molecule has 3 N–H and O–H groups in total. The smallest absolute Gasteiger partial charge is 0.244 e. The molecule has 0 aliphatic carbocycles. The third kappa shape index (κ3) is 4.95. The van der Waals surface area contributed by atoms with Crippen LogP contribution in [0.2, 0.25) is 0 Å². The molecule has 21 heavy (non-hydrogen) atoms. The number of carbonyl (C=O) groups excluding carboxylic acids is 1. The number of hydrogen-bond acceptors (Lipinski definition) is 3. The van der Waals surface area contributed by atoms with E-state index in [1.807, 2.05) is 24.3 Å². The summed E-state index contributed by atoms with van der Waals surface area (Å²) < 4.78 is 6.57. The molecule has 1 aliphatic heterocycles. The molecule has 0 spiro atoms. The van der Waals surface area contributed by atoms with Gasteiger partial charge in [0.1, 0.15) is 5.54 Å². The highest BCUT2D eigenvalue weighted by Gasteiger charge is 2.30. The fraction of sp³-hybridized carbons (Fsp3) is 0.533. The van der Waals surface area contributed by atoms with Crippen molar-refractivity contribution in [2.24, 2.45) is 5.73 Å². The first-order valence-corrected chi connectivity index (χ1v) is 7.74. The second kappa shape index (κ2) is 8.13. The molecule has 1 saturated heterocycles. The number of hydrogen-bond donors (Lipinski definition) is 2. The molecule has 1 aliphatic rings. The van der Waals surface area contributed by atoms with Crippen molar-refractivity contribution < 1.29 is 9.53 Å². The van der Waals surface area contributed by atoms with Gasteiger partial charge in [-0.3, -0.25) is 4.79 Å². The van der Waals surface area contributed by atoms with E-state index in [2.05, 4.69) is 21.2 Å². The van der Waals surface area contributed by atoms with Crippen LogP contribution < -0.4 is 11.1 Å². The van der Waals surface area contributed by atoms with Crippen LogP contribution in [0.5, 0.6) is 0 Å². The molecule has 1 heterocycles. The van der Waals surface area contributed by atoms with Crippen LogP contribution in [0.15, 0.2) is 28.7 Å². The molecule has 0 bridgehead atoms. The van der Waals surface area contributed by atoms with Crippen molar-refractivity contribution >= 4 is 34.2 Å². The first-order valence-electron chi connectivity index (χ1n) is 6.95. The summed E-state index contributed by atoms with van der Waals surface area (Å²) in [6, 6.07) is 7.50. The van der Waals surface area contributed by atoms with Gasteiger partial charge in [-0.05, 0) is 43.9 Å². The van der Waals surface area contributed by atoms with E-state index in [0.29, 0.717) is 6.54 Å². The Morgan fingerprint density at radius 1 is 1.43 bits per heavy atom. The van der Waals surface area contributed by atoms with Gasteiger partial charge in [0.2, 0.25) is 5.91 Å². The zero-order valence-corrected chi connectivity index (χ0v) is 14.5. The highest BCUT2D eigenvalue weighted by Crippen LogP contribution is 2.21. The summed E-state index contributed by atoms with van der Waals surface area (Å²) in [5, 5.41) is 2.91. The number of nitrogens with one attached hydrogen (secondary N) is 1. The summed E-state index contributed by atoms with van der Waals surface area (Å²) >= 11 is 3.37. The Morgan fingerprint density at radius 2 is 2.10 bits per heavy atom. The number of benzene rings is 1. The van der Waals surface area contributed by atoms with Gasteiger partial charge >= 0.3 is 0 Å². The lowest BCUT2D eigenvalue weighted by Crippen LogP contribution is -2.51. The van der Waals surface area contributed by atoms with Gasteiger partial charge in [-0.2, -0.15) is 0 Å². The van der Waals surface area contributed by atoms with Crippen molar-refractivity contribution in [3.63, 3.8) is 0 Å². The Hall–Kier alpha value is -0.620. The van der Waals surface area contributed by atoms with E-state index < -0.39 is 5.54 Å². The van der Waals surface area contributed by atoms with Crippen LogP contribution in [0.4, 0.5) is 0 Å². The maximum atomic E-state index is 12.3. The fourth-order valence-corrected chi connectivity index (χ4v) is 2.55. The van der Waals surface area contributed by atoms with Gasteiger partial charge in [-0.1, -0.05) is 28.1 Å². The normalized spacial score (nSPS) is 21.0. The predicted molar refractivity (Wildman–Crippen MR) is 89.5 cm³/mol. The zero-order chi connectivity index (χ0) is 14.6. The molecule has 2 unspecified atom stereocenters. The van der Waals surface area contributed by atoms with Crippen LogP contribution >= 0.6 is 28.3 Å². The largest absolute Gasteiger partial charge is 0.376 e. The van der Waals surface area contributed by atoms with Crippen molar-refractivity contribution in [3.8, 4) is 0 Å². The van der Waals surface area contributed by atoms with E-state index in [9.17, 15) is 4.79 Å². The Balaban J connectivity index is 0.00000220. The van der Waals surface area contributed by atoms with E-state index in [-0.39, 0.29) is 24.4 Å². The maximum absolute atomic E-state index is 12.3. The van der Waals surface area contributed by atoms with Gasteiger partial charge in [-0.15, -0.1) is 12.4 Å².